The Hall–Kier alpha value is -2.49. The fourth-order valence-electron chi connectivity index (χ4n) is 3.00. The van der Waals surface area contributed by atoms with Gasteiger partial charge in [-0.05, 0) is 62.9 Å². The van der Waals surface area contributed by atoms with E-state index in [9.17, 15) is 4.79 Å². The maximum Gasteiger partial charge on any atom is 0.261 e. The molecule has 0 aromatic heterocycles. The predicted molar refractivity (Wildman–Crippen MR) is 105 cm³/mol. The van der Waals surface area contributed by atoms with Crippen molar-refractivity contribution in [3.05, 3.63) is 58.7 Å². The fourth-order valence-corrected chi connectivity index (χ4v) is 3.00. The van der Waals surface area contributed by atoms with Crippen molar-refractivity contribution in [3.8, 4) is 11.5 Å². The average molecular weight is 355 g/mol. The number of benzene rings is 2. The van der Waals surface area contributed by atoms with Crippen LogP contribution in [-0.4, -0.2) is 19.1 Å². The number of carbonyl (C=O) groups excluding carboxylic acids is 1. The van der Waals surface area contributed by atoms with Crippen molar-refractivity contribution in [3.63, 3.8) is 0 Å². The van der Waals surface area contributed by atoms with E-state index in [1.54, 1.807) is 14.0 Å². The highest BCUT2D eigenvalue weighted by molar-refractivity contribution is 5.81. The molecule has 0 bridgehead atoms. The van der Waals surface area contributed by atoms with Crippen LogP contribution in [-0.2, 0) is 4.79 Å². The van der Waals surface area contributed by atoms with Gasteiger partial charge >= 0.3 is 0 Å². The standard InChI is InChI=1S/C22H29NO3/c1-7-19(18-9-11-20(25-6)16(4)13-18)23-22(24)17(5)26-21-10-8-14(2)12-15(21)3/h8-13,17,19H,7H2,1-6H3,(H,23,24)/t17-,19+/m1/s1. The van der Waals surface area contributed by atoms with Gasteiger partial charge in [0.25, 0.3) is 5.91 Å². The van der Waals surface area contributed by atoms with Crippen LogP contribution in [0.3, 0.4) is 0 Å². The van der Waals surface area contributed by atoms with Gasteiger partial charge in [-0.15, -0.1) is 0 Å². The smallest absolute Gasteiger partial charge is 0.261 e. The minimum Gasteiger partial charge on any atom is -0.496 e. The number of ether oxygens (including phenoxy) is 2. The summed E-state index contributed by atoms with van der Waals surface area (Å²) in [5.74, 6) is 1.47. The normalized spacial score (nSPS) is 13.0. The topological polar surface area (TPSA) is 47.6 Å². The second-order valence-electron chi connectivity index (χ2n) is 6.73. The number of methoxy groups -OCH3 is 1. The van der Waals surface area contributed by atoms with E-state index >= 15 is 0 Å². The molecule has 0 radical (unpaired) electrons. The molecule has 0 saturated carbocycles. The first kappa shape index (κ1) is 19.8. The first-order valence-electron chi connectivity index (χ1n) is 9.04. The summed E-state index contributed by atoms with van der Waals surface area (Å²) in [6.07, 6.45) is 0.234. The fraction of sp³-hybridized carbons (Fsp3) is 0.409. The Morgan fingerprint density at radius 2 is 1.69 bits per heavy atom. The Morgan fingerprint density at radius 1 is 1.04 bits per heavy atom. The van der Waals surface area contributed by atoms with Gasteiger partial charge in [0.1, 0.15) is 11.5 Å². The lowest BCUT2D eigenvalue weighted by atomic mass is 10.0. The predicted octanol–water partition coefficient (Wildman–Crippen LogP) is 4.66. The molecule has 0 aliphatic heterocycles. The number of nitrogens with one attached hydrogen (secondary N) is 1. The molecule has 0 saturated heterocycles. The summed E-state index contributed by atoms with van der Waals surface area (Å²) in [5, 5.41) is 3.09. The van der Waals surface area contributed by atoms with Crippen LogP contribution in [0.4, 0.5) is 0 Å². The second-order valence-corrected chi connectivity index (χ2v) is 6.73. The molecular weight excluding hydrogens is 326 g/mol. The maximum atomic E-state index is 12.6. The maximum absolute atomic E-state index is 12.6. The monoisotopic (exact) mass is 355 g/mol. The number of amides is 1. The Morgan fingerprint density at radius 3 is 2.27 bits per heavy atom. The highest BCUT2D eigenvalue weighted by atomic mass is 16.5. The first-order valence-corrected chi connectivity index (χ1v) is 9.04. The second kappa shape index (κ2) is 8.75. The van der Waals surface area contributed by atoms with Gasteiger partial charge in [0.05, 0.1) is 13.2 Å². The van der Waals surface area contributed by atoms with Crippen LogP contribution in [0.5, 0.6) is 11.5 Å². The lowest BCUT2D eigenvalue weighted by Crippen LogP contribution is -2.38. The Kier molecular flexibility index (Phi) is 6.67. The van der Waals surface area contributed by atoms with E-state index in [2.05, 4.69) is 24.4 Å². The van der Waals surface area contributed by atoms with Crippen molar-refractivity contribution in [2.24, 2.45) is 0 Å². The minimum atomic E-state index is -0.565. The summed E-state index contributed by atoms with van der Waals surface area (Å²) in [6, 6.07) is 11.9. The third-order valence-electron chi connectivity index (χ3n) is 4.55. The first-order chi connectivity index (χ1) is 12.3. The zero-order valence-electron chi connectivity index (χ0n) is 16.6. The van der Waals surface area contributed by atoms with Gasteiger partial charge in [-0.25, -0.2) is 0 Å². The molecule has 2 aromatic carbocycles. The number of hydrogen-bond acceptors (Lipinski definition) is 3. The molecule has 4 nitrogen and oxygen atoms in total. The molecule has 0 heterocycles. The molecule has 2 aromatic rings. The van der Waals surface area contributed by atoms with Gasteiger partial charge in [-0.3, -0.25) is 4.79 Å². The van der Waals surface area contributed by atoms with Crippen LogP contribution in [0.2, 0.25) is 0 Å². The number of aryl methyl sites for hydroxylation is 3. The van der Waals surface area contributed by atoms with Gasteiger partial charge in [0.15, 0.2) is 6.10 Å². The SMILES string of the molecule is CC[C@H](NC(=O)[C@@H](C)Oc1ccc(C)cc1C)c1ccc(OC)c(C)c1. The lowest BCUT2D eigenvalue weighted by molar-refractivity contribution is -0.128. The van der Waals surface area contributed by atoms with Crippen LogP contribution in [0, 0.1) is 20.8 Å². The van der Waals surface area contributed by atoms with Crippen molar-refractivity contribution in [2.45, 2.75) is 53.2 Å². The van der Waals surface area contributed by atoms with Crippen molar-refractivity contribution >= 4 is 5.91 Å². The van der Waals surface area contributed by atoms with Crippen LogP contribution >= 0.6 is 0 Å². The molecule has 2 atom stereocenters. The van der Waals surface area contributed by atoms with Gasteiger partial charge in [0.2, 0.25) is 0 Å². The van der Waals surface area contributed by atoms with Crippen LogP contribution in [0.1, 0.15) is 48.6 Å². The number of rotatable bonds is 7. The summed E-state index contributed by atoms with van der Waals surface area (Å²) < 4.78 is 11.2. The molecule has 140 valence electrons. The number of hydrogen-bond donors (Lipinski definition) is 1. The molecular formula is C22H29NO3. The molecule has 1 amide bonds. The third-order valence-corrected chi connectivity index (χ3v) is 4.55. The zero-order valence-corrected chi connectivity index (χ0v) is 16.6. The molecule has 2 rings (SSSR count). The summed E-state index contributed by atoms with van der Waals surface area (Å²) in [4.78, 5) is 12.6. The molecule has 0 aliphatic carbocycles. The van der Waals surface area contributed by atoms with E-state index in [1.165, 1.54) is 5.56 Å². The van der Waals surface area contributed by atoms with Gasteiger partial charge < -0.3 is 14.8 Å². The summed E-state index contributed by atoms with van der Waals surface area (Å²) in [7, 11) is 1.66. The van der Waals surface area contributed by atoms with Crippen molar-refractivity contribution in [2.75, 3.05) is 7.11 Å². The van der Waals surface area contributed by atoms with Crippen molar-refractivity contribution < 1.29 is 14.3 Å². The quantitative estimate of drug-likeness (QED) is 0.786. The van der Waals surface area contributed by atoms with Crippen molar-refractivity contribution in [1.82, 2.24) is 5.32 Å². The summed E-state index contributed by atoms with van der Waals surface area (Å²) >= 11 is 0. The number of carbonyl (C=O) groups is 1. The lowest BCUT2D eigenvalue weighted by Gasteiger charge is -2.22. The summed E-state index contributed by atoms with van der Waals surface area (Å²) in [6.45, 7) is 9.86. The molecule has 4 heteroatoms. The molecule has 1 N–H and O–H groups in total. The van der Waals surface area contributed by atoms with E-state index in [-0.39, 0.29) is 11.9 Å². The Balaban J connectivity index is 2.07. The minimum absolute atomic E-state index is 0.0581. The van der Waals surface area contributed by atoms with Crippen molar-refractivity contribution in [1.29, 1.82) is 0 Å². The zero-order chi connectivity index (χ0) is 19.3. The van der Waals surface area contributed by atoms with Crippen LogP contribution < -0.4 is 14.8 Å². The molecule has 0 fully saturated rings. The van der Waals surface area contributed by atoms with Crippen LogP contribution in [0.25, 0.3) is 0 Å². The Bertz CT molecular complexity index is 770. The van der Waals surface area contributed by atoms with Crippen LogP contribution in [0.15, 0.2) is 36.4 Å². The highest BCUT2D eigenvalue weighted by Gasteiger charge is 2.20. The molecule has 26 heavy (non-hydrogen) atoms. The van der Waals surface area contributed by atoms with E-state index in [4.69, 9.17) is 9.47 Å². The van der Waals surface area contributed by atoms with E-state index in [0.29, 0.717) is 0 Å². The molecule has 0 unspecified atom stereocenters. The van der Waals surface area contributed by atoms with E-state index in [1.807, 2.05) is 45.0 Å². The van der Waals surface area contributed by atoms with Gasteiger partial charge in [-0.1, -0.05) is 36.8 Å². The highest BCUT2D eigenvalue weighted by Crippen LogP contribution is 2.25. The van der Waals surface area contributed by atoms with Gasteiger partial charge in [-0.2, -0.15) is 0 Å². The molecule has 0 aliphatic rings. The van der Waals surface area contributed by atoms with E-state index in [0.717, 1.165) is 34.6 Å². The summed E-state index contributed by atoms with van der Waals surface area (Å²) in [5.41, 5.74) is 4.32. The Labute approximate surface area is 156 Å². The average Bonchev–Trinajstić information content (AvgIpc) is 2.61. The van der Waals surface area contributed by atoms with Gasteiger partial charge in [0, 0.05) is 0 Å². The largest absolute Gasteiger partial charge is 0.496 e. The molecule has 0 spiro atoms. The van der Waals surface area contributed by atoms with E-state index < -0.39 is 6.10 Å². The third kappa shape index (κ3) is 4.78.